The number of benzene rings is 1. The summed E-state index contributed by atoms with van der Waals surface area (Å²) in [5, 5.41) is 0. The SMILES string of the molecule is COc1ccc(C#Cc2nc3ncccc3nc2OCCCN2CCOCC2)cc1. The minimum absolute atomic E-state index is 0.443. The molecule has 1 aliphatic heterocycles. The van der Waals surface area contributed by atoms with Gasteiger partial charge in [-0.3, -0.25) is 4.90 Å². The van der Waals surface area contributed by atoms with Crippen LogP contribution in [-0.4, -0.2) is 66.4 Å². The van der Waals surface area contributed by atoms with Crippen molar-refractivity contribution in [3.63, 3.8) is 0 Å². The van der Waals surface area contributed by atoms with Crippen LogP contribution in [0.15, 0.2) is 42.6 Å². The molecule has 0 atom stereocenters. The van der Waals surface area contributed by atoms with E-state index in [2.05, 4.69) is 31.7 Å². The second-order valence-electron chi connectivity index (χ2n) is 6.86. The number of nitrogens with zero attached hydrogens (tertiary/aromatic N) is 4. The number of aromatic nitrogens is 3. The van der Waals surface area contributed by atoms with Gasteiger partial charge in [-0.25, -0.2) is 15.0 Å². The second-order valence-corrected chi connectivity index (χ2v) is 6.86. The maximum atomic E-state index is 5.98. The molecule has 0 saturated carbocycles. The largest absolute Gasteiger partial charge is 0.497 e. The fraction of sp³-hybridized carbons (Fsp3) is 0.348. The Morgan fingerprint density at radius 3 is 2.70 bits per heavy atom. The van der Waals surface area contributed by atoms with E-state index in [-0.39, 0.29) is 0 Å². The van der Waals surface area contributed by atoms with E-state index in [9.17, 15) is 0 Å². The van der Waals surface area contributed by atoms with Gasteiger partial charge in [-0.05, 0) is 48.7 Å². The summed E-state index contributed by atoms with van der Waals surface area (Å²) in [6.07, 6.45) is 2.60. The summed E-state index contributed by atoms with van der Waals surface area (Å²) >= 11 is 0. The van der Waals surface area contributed by atoms with Gasteiger partial charge in [0.15, 0.2) is 11.3 Å². The highest BCUT2D eigenvalue weighted by atomic mass is 16.5. The minimum atomic E-state index is 0.443. The lowest BCUT2D eigenvalue weighted by molar-refractivity contribution is 0.0357. The van der Waals surface area contributed by atoms with E-state index in [0.29, 0.717) is 29.3 Å². The van der Waals surface area contributed by atoms with Crippen LogP contribution in [0.1, 0.15) is 17.7 Å². The quantitative estimate of drug-likeness (QED) is 0.462. The first kappa shape index (κ1) is 20.1. The molecule has 3 aromatic rings. The van der Waals surface area contributed by atoms with Crippen molar-refractivity contribution in [1.29, 1.82) is 0 Å². The molecule has 1 saturated heterocycles. The number of hydrogen-bond acceptors (Lipinski definition) is 7. The van der Waals surface area contributed by atoms with Crippen molar-refractivity contribution >= 4 is 11.2 Å². The summed E-state index contributed by atoms with van der Waals surface area (Å²) in [6.45, 7) is 5.07. The van der Waals surface area contributed by atoms with E-state index in [1.807, 2.05) is 36.4 Å². The van der Waals surface area contributed by atoms with Gasteiger partial charge >= 0.3 is 0 Å². The van der Waals surface area contributed by atoms with Gasteiger partial charge < -0.3 is 14.2 Å². The van der Waals surface area contributed by atoms with Crippen LogP contribution in [0.2, 0.25) is 0 Å². The fourth-order valence-electron chi connectivity index (χ4n) is 3.15. The Hall–Kier alpha value is -3.21. The normalized spacial score (nSPS) is 14.2. The molecule has 1 aromatic carbocycles. The number of fused-ring (bicyclic) bond motifs is 1. The minimum Gasteiger partial charge on any atom is -0.497 e. The molecule has 3 heterocycles. The number of methoxy groups -OCH3 is 1. The highest BCUT2D eigenvalue weighted by Crippen LogP contribution is 2.18. The first-order chi connectivity index (χ1) is 14.8. The zero-order valence-corrected chi connectivity index (χ0v) is 17.0. The summed E-state index contributed by atoms with van der Waals surface area (Å²) in [6, 6.07) is 11.3. The number of morpholine rings is 1. The molecule has 30 heavy (non-hydrogen) atoms. The molecular formula is C23H24N4O3. The molecule has 0 unspecified atom stereocenters. The van der Waals surface area contributed by atoms with Gasteiger partial charge in [-0.15, -0.1) is 0 Å². The van der Waals surface area contributed by atoms with Crippen LogP contribution < -0.4 is 9.47 Å². The predicted molar refractivity (Wildman–Crippen MR) is 114 cm³/mol. The van der Waals surface area contributed by atoms with Gasteiger partial charge in [-0.2, -0.15) is 0 Å². The summed E-state index contributed by atoms with van der Waals surface area (Å²) in [5.74, 6) is 7.45. The van der Waals surface area contributed by atoms with Crippen molar-refractivity contribution in [3.05, 3.63) is 53.9 Å². The van der Waals surface area contributed by atoms with Crippen LogP contribution in [-0.2, 0) is 4.74 Å². The van der Waals surface area contributed by atoms with Crippen molar-refractivity contribution in [3.8, 4) is 23.5 Å². The van der Waals surface area contributed by atoms with Crippen molar-refractivity contribution in [2.24, 2.45) is 0 Å². The van der Waals surface area contributed by atoms with E-state index in [4.69, 9.17) is 14.2 Å². The van der Waals surface area contributed by atoms with Gasteiger partial charge in [0.05, 0.1) is 26.9 Å². The van der Waals surface area contributed by atoms with E-state index >= 15 is 0 Å². The Morgan fingerprint density at radius 1 is 1.07 bits per heavy atom. The summed E-state index contributed by atoms with van der Waals surface area (Å²) < 4.78 is 16.6. The van der Waals surface area contributed by atoms with Crippen molar-refractivity contribution in [2.45, 2.75) is 6.42 Å². The summed E-state index contributed by atoms with van der Waals surface area (Å²) in [7, 11) is 1.64. The first-order valence-corrected chi connectivity index (χ1v) is 10.0. The molecule has 0 amide bonds. The predicted octanol–water partition coefficient (Wildman–Crippen LogP) is 2.53. The van der Waals surface area contributed by atoms with E-state index in [1.165, 1.54) is 0 Å². The fourth-order valence-corrected chi connectivity index (χ4v) is 3.15. The third-order valence-electron chi connectivity index (χ3n) is 4.78. The highest BCUT2D eigenvalue weighted by molar-refractivity contribution is 5.71. The van der Waals surface area contributed by atoms with Crippen LogP contribution in [0.25, 0.3) is 11.2 Å². The number of rotatable bonds is 6. The number of pyridine rings is 1. The zero-order valence-electron chi connectivity index (χ0n) is 17.0. The third kappa shape index (κ3) is 5.23. The van der Waals surface area contributed by atoms with Crippen LogP contribution in [0.3, 0.4) is 0 Å². The van der Waals surface area contributed by atoms with Gasteiger partial charge in [0.1, 0.15) is 11.3 Å². The molecule has 0 aliphatic carbocycles. The molecule has 0 spiro atoms. The summed E-state index contributed by atoms with van der Waals surface area (Å²) in [4.78, 5) is 15.8. The number of hydrogen-bond donors (Lipinski definition) is 0. The molecule has 4 rings (SSSR count). The van der Waals surface area contributed by atoms with Gasteiger partial charge in [0, 0.05) is 31.4 Å². The van der Waals surface area contributed by atoms with Crippen molar-refractivity contribution in [2.75, 3.05) is 46.6 Å². The lowest BCUT2D eigenvalue weighted by Gasteiger charge is -2.26. The van der Waals surface area contributed by atoms with Crippen molar-refractivity contribution < 1.29 is 14.2 Å². The second kappa shape index (κ2) is 10.0. The van der Waals surface area contributed by atoms with Crippen LogP contribution in [0, 0.1) is 11.8 Å². The van der Waals surface area contributed by atoms with Gasteiger partial charge in [0.25, 0.3) is 0 Å². The lowest BCUT2D eigenvalue weighted by Crippen LogP contribution is -2.37. The Balaban J connectivity index is 1.49. The highest BCUT2D eigenvalue weighted by Gasteiger charge is 2.12. The van der Waals surface area contributed by atoms with E-state index in [1.54, 1.807) is 13.3 Å². The molecule has 2 aromatic heterocycles. The van der Waals surface area contributed by atoms with Gasteiger partial charge in [-0.1, -0.05) is 5.92 Å². The maximum Gasteiger partial charge on any atom is 0.249 e. The number of ether oxygens (including phenoxy) is 3. The van der Waals surface area contributed by atoms with Crippen LogP contribution in [0.4, 0.5) is 0 Å². The molecule has 0 N–H and O–H groups in total. The molecule has 154 valence electrons. The van der Waals surface area contributed by atoms with Crippen LogP contribution in [0.5, 0.6) is 11.6 Å². The Morgan fingerprint density at radius 2 is 1.90 bits per heavy atom. The molecule has 7 nitrogen and oxygen atoms in total. The molecular weight excluding hydrogens is 380 g/mol. The Kier molecular flexibility index (Phi) is 6.70. The summed E-state index contributed by atoms with van der Waals surface area (Å²) in [5.41, 5.74) is 2.59. The average molecular weight is 404 g/mol. The van der Waals surface area contributed by atoms with Crippen molar-refractivity contribution in [1.82, 2.24) is 19.9 Å². The standard InChI is InChI=1S/C23H24N4O3/c1-28-19-8-5-18(6-9-19)7-10-21-23(26-20-4-2-11-24-22(20)25-21)30-15-3-12-27-13-16-29-17-14-27/h2,4-6,8-9,11H,3,12-17H2,1H3. The topological polar surface area (TPSA) is 69.6 Å². The smallest absolute Gasteiger partial charge is 0.249 e. The zero-order chi connectivity index (χ0) is 20.6. The maximum absolute atomic E-state index is 5.98. The molecule has 1 aliphatic rings. The van der Waals surface area contributed by atoms with E-state index < -0.39 is 0 Å². The van der Waals surface area contributed by atoms with Gasteiger partial charge in [0.2, 0.25) is 5.88 Å². The molecule has 0 bridgehead atoms. The molecule has 7 heteroatoms. The Bertz CT molecular complexity index is 1040. The molecule has 0 radical (unpaired) electrons. The average Bonchev–Trinajstić information content (AvgIpc) is 2.81. The monoisotopic (exact) mass is 404 g/mol. The molecule has 1 fully saturated rings. The van der Waals surface area contributed by atoms with E-state index in [0.717, 1.165) is 50.6 Å². The Labute approximate surface area is 176 Å². The van der Waals surface area contributed by atoms with Crippen LogP contribution >= 0.6 is 0 Å². The lowest BCUT2D eigenvalue weighted by atomic mass is 10.2. The third-order valence-corrected chi connectivity index (χ3v) is 4.78. The first-order valence-electron chi connectivity index (χ1n) is 10.0.